The van der Waals surface area contributed by atoms with Gasteiger partial charge in [-0.3, -0.25) is 38.5 Å². The fraction of sp³-hybridized carbons (Fsp3) is 0.421. The van der Waals surface area contributed by atoms with E-state index >= 15 is 0 Å². The standard InChI is InChI=1S/C19H21N5O6/c1-21-14-8-11(23-7-6-22(9-16(23)26)10-17(27)28)2-3-12(14)24(19(21)30)13-4-5-15(25)20-18(13)29/h2-3,8,13H,4-7,9-10H2,1H3,(H,27,28)(H,20,25,29). The zero-order valence-electron chi connectivity index (χ0n) is 16.3. The van der Waals surface area contributed by atoms with E-state index in [9.17, 15) is 24.0 Å². The molecule has 1 atom stereocenters. The van der Waals surface area contributed by atoms with Gasteiger partial charge in [0.2, 0.25) is 17.7 Å². The van der Waals surface area contributed by atoms with E-state index < -0.39 is 17.9 Å². The van der Waals surface area contributed by atoms with E-state index in [0.717, 1.165) is 0 Å². The van der Waals surface area contributed by atoms with Crippen molar-refractivity contribution in [2.75, 3.05) is 31.1 Å². The molecule has 11 heteroatoms. The summed E-state index contributed by atoms with van der Waals surface area (Å²) >= 11 is 0. The molecule has 1 unspecified atom stereocenters. The first kappa shape index (κ1) is 19.8. The largest absolute Gasteiger partial charge is 0.480 e. The Hall–Kier alpha value is -3.47. The van der Waals surface area contributed by atoms with E-state index in [-0.39, 0.29) is 43.4 Å². The summed E-state index contributed by atoms with van der Waals surface area (Å²) in [5, 5.41) is 11.2. The smallest absolute Gasteiger partial charge is 0.329 e. The number of carboxylic acid groups (broad SMARTS) is 1. The molecular weight excluding hydrogens is 394 g/mol. The molecule has 2 fully saturated rings. The van der Waals surface area contributed by atoms with Crippen molar-refractivity contribution in [1.29, 1.82) is 0 Å². The molecule has 0 radical (unpaired) electrons. The zero-order valence-corrected chi connectivity index (χ0v) is 16.3. The molecule has 0 saturated carbocycles. The van der Waals surface area contributed by atoms with Crippen molar-refractivity contribution in [2.45, 2.75) is 18.9 Å². The van der Waals surface area contributed by atoms with Crippen LogP contribution < -0.4 is 15.9 Å². The molecular formula is C19H21N5O6. The summed E-state index contributed by atoms with van der Waals surface area (Å²) in [4.78, 5) is 63.1. The Bertz CT molecular complexity index is 1130. The Morgan fingerprint density at radius 3 is 2.60 bits per heavy atom. The number of carboxylic acids is 1. The molecule has 11 nitrogen and oxygen atoms in total. The predicted octanol–water partition coefficient (Wildman–Crippen LogP) is -0.949. The molecule has 1 aromatic heterocycles. The molecule has 1 aromatic carbocycles. The molecule has 0 bridgehead atoms. The normalized spacial score (nSPS) is 20.6. The Labute approximate surface area is 170 Å². The number of hydrogen-bond donors (Lipinski definition) is 2. The molecule has 2 N–H and O–H groups in total. The lowest BCUT2D eigenvalue weighted by molar-refractivity contribution is -0.139. The quantitative estimate of drug-likeness (QED) is 0.615. The molecule has 30 heavy (non-hydrogen) atoms. The zero-order chi connectivity index (χ0) is 21.6. The average molecular weight is 415 g/mol. The number of rotatable bonds is 4. The van der Waals surface area contributed by atoms with Gasteiger partial charge in [0.15, 0.2) is 0 Å². The van der Waals surface area contributed by atoms with Gasteiger partial charge in [-0.25, -0.2) is 4.79 Å². The van der Waals surface area contributed by atoms with Crippen molar-refractivity contribution < 1.29 is 24.3 Å². The minimum atomic E-state index is -0.984. The molecule has 0 aliphatic carbocycles. The lowest BCUT2D eigenvalue weighted by Gasteiger charge is -2.33. The number of hydrogen-bond acceptors (Lipinski definition) is 6. The van der Waals surface area contributed by atoms with Gasteiger partial charge < -0.3 is 10.0 Å². The highest BCUT2D eigenvalue weighted by Gasteiger charge is 2.32. The molecule has 0 spiro atoms. The van der Waals surface area contributed by atoms with Gasteiger partial charge in [0.05, 0.1) is 24.1 Å². The highest BCUT2D eigenvalue weighted by Crippen LogP contribution is 2.27. The minimum Gasteiger partial charge on any atom is -0.480 e. The van der Waals surface area contributed by atoms with Crippen LogP contribution in [0.15, 0.2) is 23.0 Å². The van der Waals surface area contributed by atoms with Crippen LogP contribution in [-0.4, -0.2) is 69.0 Å². The van der Waals surface area contributed by atoms with E-state index in [1.165, 1.54) is 9.13 Å². The molecule has 158 valence electrons. The number of piperazine rings is 1. The number of carbonyl (C=O) groups excluding carboxylic acids is 3. The summed E-state index contributed by atoms with van der Waals surface area (Å²) in [7, 11) is 1.59. The molecule has 3 heterocycles. The van der Waals surface area contributed by atoms with Crippen LogP contribution in [-0.2, 0) is 26.2 Å². The van der Waals surface area contributed by atoms with E-state index in [4.69, 9.17) is 5.11 Å². The molecule has 2 aliphatic heterocycles. The second kappa shape index (κ2) is 7.41. The number of aryl methyl sites for hydroxylation is 1. The summed E-state index contributed by atoms with van der Waals surface area (Å²) in [6, 6.07) is 4.33. The number of imidazole rings is 1. The van der Waals surface area contributed by atoms with Crippen molar-refractivity contribution in [3.8, 4) is 0 Å². The van der Waals surface area contributed by atoms with Crippen LogP contribution in [0.25, 0.3) is 11.0 Å². The maximum Gasteiger partial charge on any atom is 0.329 e. The monoisotopic (exact) mass is 415 g/mol. The highest BCUT2D eigenvalue weighted by molar-refractivity contribution is 6.00. The van der Waals surface area contributed by atoms with Gasteiger partial charge >= 0.3 is 11.7 Å². The van der Waals surface area contributed by atoms with Crippen molar-refractivity contribution in [3.63, 3.8) is 0 Å². The third-order valence-corrected chi connectivity index (χ3v) is 5.56. The number of fused-ring (bicyclic) bond motifs is 1. The van der Waals surface area contributed by atoms with Gasteiger partial charge in [0.25, 0.3) is 0 Å². The lowest BCUT2D eigenvalue weighted by Crippen LogP contribution is -2.51. The fourth-order valence-electron chi connectivity index (χ4n) is 4.07. The number of nitrogens with zero attached hydrogens (tertiary/aromatic N) is 4. The maximum atomic E-state index is 12.8. The fourth-order valence-corrected chi connectivity index (χ4v) is 4.07. The third kappa shape index (κ3) is 3.36. The molecule has 3 amide bonds. The first-order valence-electron chi connectivity index (χ1n) is 9.55. The number of carbonyl (C=O) groups is 4. The summed E-state index contributed by atoms with van der Waals surface area (Å²) < 4.78 is 2.79. The minimum absolute atomic E-state index is 0.000549. The van der Waals surface area contributed by atoms with Crippen LogP contribution in [0.3, 0.4) is 0 Å². The summed E-state index contributed by atoms with van der Waals surface area (Å²) in [5.41, 5.74) is 1.31. The Kier molecular flexibility index (Phi) is 4.90. The van der Waals surface area contributed by atoms with Gasteiger partial charge in [0, 0.05) is 32.2 Å². The first-order valence-corrected chi connectivity index (χ1v) is 9.55. The van der Waals surface area contributed by atoms with Crippen LogP contribution in [0.4, 0.5) is 5.69 Å². The Balaban J connectivity index is 1.66. The van der Waals surface area contributed by atoms with Crippen LogP contribution in [0.2, 0.25) is 0 Å². The molecule has 4 rings (SSSR count). The van der Waals surface area contributed by atoms with Gasteiger partial charge in [-0.1, -0.05) is 0 Å². The predicted molar refractivity (Wildman–Crippen MR) is 105 cm³/mol. The topological polar surface area (TPSA) is 134 Å². The molecule has 2 saturated heterocycles. The lowest BCUT2D eigenvalue weighted by atomic mass is 10.1. The molecule has 2 aliphatic rings. The second-order valence-electron chi connectivity index (χ2n) is 7.50. The number of benzene rings is 1. The number of piperidine rings is 1. The van der Waals surface area contributed by atoms with Crippen molar-refractivity contribution in [2.24, 2.45) is 7.05 Å². The van der Waals surface area contributed by atoms with E-state index in [2.05, 4.69) is 5.32 Å². The van der Waals surface area contributed by atoms with Crippen molar-refractivity contribution in [3.05, 3.63) is 28.7 Å². The van der Waals surface area contributed by atoms with E-state index in [1.807, 2.05) is 0 Å². The SMILES string of the molecule is Cn1c(=O)n(C2CCC(=O)NC2=O)c2ccc(N3CCN(CC(=O)O)CC3=O)cc21. The van der Waals surface area contributed by atoms with Crippen LogP contribution in [0, 0.1) is 0 Å². The van der Waals surface area contributed by atoms with Crippen LogP contribution in [0.1, 0.15) is 18.9 Å². The van der Waals surface area contributed by atoms with Gasteiger partial charge in [0.1, 0.15) is 6.04 Å². The van der Waals surface area contributed by atoms with E-state index in [1.54, 1.807) is 35.0 Å². The van der Waals surface area contributed by atoms with Gasteiger partial charge in [-0.2, -0.15) is 0 Å². The number of aliphatic carboxylic acids is 1. The van der Waals surface area contributed by atoms with Gasteiger partial charge in [-0.15, -0.1) is 0 Å². The Morgan fingerprint density at radius 1 is 1.17 bits per heavy atom. The second-order valence-corrected chi connectivity index (χ2v) is 7.50. The van der Waals surface area contributed by atoms with Gasteiger partial charge in [-0.05, 0) is 24.6 Å². The summed E-state index contributed by atoms with van der Waals surface area (Å²) in [6.07, 6.45) is 0.405. The number of anilines is 1. The van der Waals surface area contributed by atoms with Crippen LogP contribution >= 0.6 is 0 Å². The first-order chi connectivity index (χ1) is 14.3. The average Bonchev–Trinajstić information content (AvgIpc) is 2.92. The highest BCUT2D eigenvalue weighted by atomic mass is 16.4. The molecule has 2 aromatic rings. The summed E-state index contributed by atoms with van der Waals surface area (Å²) in [5.74, 6) is -2.07. The third-order valence-electron chi connectivity index (χ3n) is 5.56. The number of aromatic nitrogens is 2. The maximum absolute atomic E-state index is 12.8. The number of amides is 3. The Morgan fingerprint density at radius 2 is 1.93 bits per heavy atom. The number of nitrogens with one attached hydrogen (secondary N) is 1. The van der Waals surface area contributed by atoms with Crippen molar-refractivity contribution >= 4 is 40.4 Å². The number of imide groups is 1. The van der Waals surface area contributed by atoms with Crippen molar-refractivity contribution in [1.82, 2.24) is 19.4 Å². The summed E-state index contributed by atoms with van der Waals surface area (Å²) in [6.45, 7) is 0.564. The van der Waals surface area contributed by atoms with Crippen LogP contribution in [0.5, 0.6) is 0 Å². The van der Waals surface area contributed by atoms with E-state index in [0.29, 0.717) is 29.8 Å².